The highest BCUT2D eigenvalue weighted by molar-refractivity contribution is 5.35. The summed E-state index contributed by atoms with van der Waals surface area (Å²) in [6, 6.07) is 6.35. The molecule has 1 atom stereocenters. The zero-order chi connectivity index (χ0) is 10.7. The van der Waals surface area contributed by atoms with Gasteiger partial charge in [-0.3, -0.25) is 0 Å². The average Bonchev–Trinajstić information content (AvgIpc) is 2.69. The fourth-order valence-corrected chi connectivity index (χ4v) is 2.03. The van der Waals surface area contributed by atoms with Gasteiger partial charge in [0.1, 0.15) is 5.75 Å². The molecule has 1 aromatic carbocycles. The maximum atomic E-state index is 5.84. The predicted molar refractivity (Wildman–Crippen MR) is 62.4 cm³/mol. The molecule has 1 unspecified atom stereocenters. The molecule has 0 saturated carbocycles. The molecule has 0 amide bonds. The summed E-state index contributed by atoms with van der Waals surface area (Å²) < 4.78 is 5.84. The number of hydrogen-bond acceptors (Lipinski definition) is 2. The Kier molecular flexibility index (Phi) is 3.27. The molecule has 1 fully saturated rings. The Labute approximate surface area is 91.6 Å². The molecule has 0 spiro atoms. The molecule has 2 rings (SSSR count). The van der Waals surface area contributed by atoms with Crippen LogP contribution in [0.1, 0.15) is 17.5 Å². The number of hydrogen-bond donors (Lipinski definition) is 1. The van der Waals surface area contributed by atoms with Crippen LogP contribution >= 0.6 is 0 Å². The van der Waals surface area contributed by atoms with Crippen molar-refractivity contribution >= 4 is 0 Å². The normalized spacial score (nSPS) is 20.5. The molecule has 1 heterocycles. The second-order valence-corrected chi connectivity index (χ2v) is 4.44. The van der Waals surface area contributed by atoms with Crippen LogP contribution in [0, 0.1) is 19.8 Å². The van der Waals surface area contributed by atoms with Gasteiger partial charge in [-0.15, -0.1) is 0 Å². The first kappa shape index (κ1) is 10.5. The molecule has 1 aromatic rings. The number of ether oxygens (including phenoxy) is 1. The van der Waals surface area contributed by atoms with Crippen molar-refractivity contribution in [3.63, 3.8) is 0 Å². The van der Waals surface area contributed by atoms with Gasteiger partial charge in [0.05, 0.1) is 6.61 Å². The van der Waals surface area contributed by atoms with Crippen molar-refractivity contribution in [2.75, 3.05) is 19.7 Å². The predicted octanol–water partition coefficient (Wildman–Crippen LogP) is 2.29. The third kappa shape index (κ3) is 2.72. The Morgan fingerprint density at radius 3 is 2.93 bits per heavy atom. The minimum atomic E-state index is 0.686. The van der Waals surface area contributed by atoms with Crippen LogP contribution in [0.25, 0.3) is 0 Å². The highest BCUT2D eigenvalue weighted by Gasteiger charge is 2.15. The molecule has 1 N–H and O–H groups in total. The fourth-order valence-electron chi connectivity index (χ4n) is 2.03. The first-order valence-electron chi connectivity index (χ1n) is 5.66. The Bertz CT molecular complexity index is 329. The van der Waals surface area contributed by atoms with Gasteiger partial charge in [0.2, 0.25) is 0 Å². The minimum Gasteiger partial charge on any atom is -0.493 e. The first-order chi connectivity index (χ1) is 7.25. The van der Waals surface area contributed by atoms with Crippen molar-refractivity contribution in [2.45, 2.75) is 20.3 Å². The maximum absolute atomic E-state index is 5.84. The van der Waals surface area contributed by atoms with Crippen molar-refractivity contribution < 1.29 is 4.74 Å². The lowest BCUT2D eigenvalue weighted by atomic mass is 10.1. The summed E-state index contributed by atoms with van der Waals surface area (Å²) in [5.74, 6) is 1.72. The lowest BCUT2D eigenvalue weighted by Gasteiger charge is -2.13. The standard InChI is InChI=1S/C13H19NO/c1-10-3-4-13(11(2)7-10)15-9-12-5-6-14-8-12/h3-4,7,12,14H,5-6,8-9H2,1-2H3. The van der Waals surface area contributed by atoms with Gasteiger partial charge in [-0.2, -0.15) is 0 Å². The van der Waals surface area contributed by atoms with Gasteiger partial charge in [-0.05, 0) is 38.4 Å². The molecule has 0 aromatic heterocycles. The van der Waals surface area contributed by atoms with Crippen LogP contribution < -0.4 is 10.1 Å². The quantitative estimate of drug-likeness (QED) is 0.817. The van der Waals surface area contributed by atoms with Gasteiger partial charge in [0, 0.05) is 12.5 Å². The Hall–Kier alpha value is -1.02. The summed E-state index contributed by atoms with van der Waals surface area (Å²) in [4.78, 5) is 0. The molecule has 2 heteroatoms. The fraction of sp³-hybridized carbons (Fsp3) is 0.538. The molecule has 0 radical (unpaired) electrons. The largest absolute Gasteiger partial charge is 0.493 e. The summed E-state index contributed by atoms with van der Waals surface area (Å²) in [6.45, 7) is 7.30. The minimum absolute atomic E-state index is 0.686. The van der Waals surface area contributed by atoms with Crippen LogP contribution in [0.2, 0.25) is 0 Å². The molecule has 1 aliphatic heterocycles. The number of aryl methyl sites for hydroxylation is 2. The van der Waals surface area contributed by atoms with Gasteiger partial charge in [0.15, 0.2) is 0 Å². The molecule has 82 valence electrons. The Morgan fingerprint density at radius 2 is 2.27 bits per heavy atom. The Balaban J connectivity index is 1.92. The molecule has 0 bridgehead atoms. The van der Waals surface area contributed by atoms with E-state index in [4.69, 9.17) is 4.74 Å². The second kappa shape index (κ2) is 4.67. The van der Waals surface area contributed by atoms with E-state index >= 15 is 0 Å². The van der Waals surface area contributed by atoms with Crippen molar-refractivity contribution in [1.82, 2.24) is 5.32 Å². The third-order valence-corrected chi connectivity index (χ3v) is 2.97. The van der Waals surface area contributed by atoms with Crippen molar-refractivity contribution in [3.8, 4) is 5.75 Å². The lowest BCUT2D eigenvalue weighted by molar-refractivity contribution is 0.258. The van der Waals surface area contributed by atoms with Crippen molar-refractivity contribution in [1.29, 1.82) is 0 Å². The monoisotopic (exact) mass is 205 g/mol. The van der Waals surface area contributed by atoms with E-state index in [9.17, 15) is 0 Å². The van der Waals surface area contributed by atoms with E-state index in [1.54, 1.807) is 0 Å². The zero-order valence-corrected chi connectivity index (χ0v) is 9.55. The van der Waals surface area contributed by atoms with E-state index in [0.29, 0.717) is 5.92 Å². The van der Waals surface area contributed by atoms with Crippen LogP contribution in [0.3, 0.4) is 0 Å². The van der Waals surface area contributed by atoms with Crippen LogP contribution in [-0.2, 0) is 0 Å². The summed E-state index contributed by atoms with van der Waals surface area (Å²) in [5, 5.41) is 3.35. The molecule has 2 nitrogen and oxygen atoms in total. The molecular formula is C13H19NO. The van der Waals surface area contributed by atoms with E-state index in [0.717, 1.165) is 25.4 Å². The topological polar surface area (TPSA) is 21.3 Å². The van der Waals surface area contributed by atoms with E-state index < -0.39 is 0 Å². The lowest BCUT2D eigenvalue weighted by Crippen LogP contribution is -2.15. The van der Waals surface area contributed by atoms with Crippen LogP contribution in [0.5, 0.6) is 5.75 Å². The van der Waals surface area contributed by atoms with Gasteiger partial charge in [-0.1, -0.05) is 17.7 Å². The summed E-state index contributed by atoms with van der Waals surface area (Å²) >= 11 is 0. The smallest absolute Gasteiger partial charge is 0.122 e. The molecule has 0 aliphatic carbocycles. The highest BCUT2D eigenvalue weighted by Crippen LogP contribution is 2.20. The number of nitrogens with one attached hydrogen (secondary N) is 1. The zero-order valence-electron chi connectivity index (χ0n) is 9.55. The van der Waals surface area contributed by atoms with Gasteiger partial charge >= 0.3 is 0 Å². The van der Waals surface area contributed by atoms with Crippen LogP contribution in [0.15, 0.2) is 18.2 Å². The number of rotatable bonds is 3. The van der Waals surface area contributed by atoms with Crippen molar-refractivity contribution in [2.24, 2.45) is 5.92 Å². The molecule has 1 saturated heterocycles. The molecule has 15 heavy (non-hydrogen) atoms. The Morgan fingerprint density at radius 1 is 1.40 bits per heavy atom. The first-order valence-corrected chi connectivity index (χ1v) is 5.66. The second-order valence-electron chi connectivity index (χ2n) is 4.44. The van der Waals surface area contributed by atoms with Crippen LogP contribution in [-0.4, -0.2) is 19.7 Å². The summed E-state index contributed by atoms with van der Waals surface area (Å²) in [6.07, 6.45) is 1.24. The SMILES string of the molecule is Cc1ccc(OCC2CCNC2)c(C)c1. The third-order valence-electron chi connectivity index (χ3n) is 2.97. The van der Waals surface area contributed by atoms with Crippen molar-refractivity contribution in [3.05, 3.63) is 29.3 Å². The van der Waals surface area contributed by atoms with E-state index in [-0.39, 0.29) is 0 Å². The molecule has 1 aliphatic rings. The highest BCUT2D eigenvalue weighted by atomic mass is 16.5. The van der Waals surface area contributed by atoms with E-state index in [1.165, 1.54) is 17.5 Å². The summed E-state index contributed by atoms with van der Waals surface area (Å²) in [7, 11) is 0. The van der Waals surface area contributed by atoms with E-state index in [1.807, 2.05) is 0 Å². The maximum Gasteiger partial charge on any atom is 0.122 e. The van der Waals surface area contributed by atoms with Crippen LogP contribution in [0.4, 0.5) is 0 Å². The van der Waals surface area contributed by atoms with Gasteiger partial charge in [-0.25, -0.2) is 0 Å². The van der Waals surface area contributed by atoms with E-state index in [2.05, 4.69) is 37.4 Å². The number of benzene rings is 1. The van der Waals surface area contributed by atoms with Gasteiger partial charge in [0.25, 0.3) is 0 Å². The molecular weight excluding hydrogens is 186 g/mol. The average molecular weight is 205 g/mol. The summed E-state index contributed by atoms with van der Waals surface area (Å²) in [5.41, 5.74) is 2.53. The van der Waals surface area contributed by atoms with Gasteiger partial charge < -0.3 is 10.1 Å².